The lowest BCUT2D eigenvalue weighted by atomic mass is 10.2. The van der Waals surface area contributed by atoms with Gasteiger partial charge in [-0.2, -0.15) is 4.98 Å². The summed E-state index contributed by atoms with van der Waals surface area (Å²) in [5.41, 5.74) is 15.2. The van der Waals surface area contributed by atoms with E-state index in [4.69, 9.17) is 23.1 Å². The van der Waals surface area contributed by atoms with Crippen molar-refractivity contribution in [3.63, 3.8) is 0 Å². The van der Waals surface area contributed by atoms with Gasteiger partial charge < -0.3 is 21.0 Å². The molecule has 0 spiro atoms. The van der Waals surface area contributed by atoms with E-state index in [0.29, 0.717) is 23.1 Å². The number of hydrogen-bond donors (Lipinski definition) is 3. The highest BCUT2D eigenvalue weighted by atomic mass is 35.5. The first-order chi connectivity index (χ1) is 11.8. The molecule has 0 aromatic carbocycles. The molecule has 0 saturated carbocycles. The van der Waals surface area contributed by atoms with Gasteiger partial charge in [0.05, 0.1) is 10.8 Å². The van der Waals surface area contributed by atoms with Crippen molar-refractivity contribution in [1.82, 2.24) is 29.5 Å². The predicted molar refractivity (Wildman–Crippen MR) is 100 cm³/mol. The van der Waals surface area contributed by atoms with Crippen molar-refractivity contribution in [2.45, 2.75) is 20.8 Å². The van der Waals surface area contributed by atoms with Crippen LogP contribution in [0.4, 0.5) is 11.6 Å². The van der Waals surface area contributed by atoms with Gasteiger partial charge in [0.25, 0.3) is 0 Å². The van der Waals surface area contributed by atoms with E-state index in [9.17, 15) is 0 Å². The van der Waals surface area contributed by atoms with Crippen LogP contribution < -0.4 is 11.5 Å². The maximum atomic E-state index is 5.81. The molecule has 0 aliphatic rings. The van der Waals surface area contributed by atoms with Gasteiger partial charge in [0, 0.05) is 19.4 Å². The third-order valence-corrected chi connectivity index (χ3v) is 4.04. The van der Waals surface area contributed by atoms with E-state index in [1.165, 1.54) is 0 Å². The summed E-state index contributed by atoms with van der Waals surface area (Å²) < 4.78 is 1.97. The number of rotatable bonds is 0. The zero-order valence-electron chi connectivity index (χ0n) is 14.4. The van der Waals surface area contributed by atoms with Crippen LogP contribution in [0.1, 0.15) is 17.0 Å². The SMILES string of the molecule is Cc1c[nH]c2nc(Cl)nc(N)c12.Cc1nc(N)c2c(C)cn(C)c2n1. The summed E-state index contributed by atoms with van der Waals surface area (Å²) in [5.74, 6) is 1.70. The molecule has 0 amide bonds. The minimum Gasteiger partial charge on any atom is -0.383 e. The number of H-pyrrole nitrogens is 1. The van der Waals surface area contributed by atoms with Crippen LogP contribution in [0.5, 0.6) is 0 Å². The van der Waals surface area contributed by atoms with E-state index in [0.717, 1.165) is 27.5 Å². The Kier molecular flexibility index (Phi) is 4.22. The lowest BCUT2D eigenvalue weighted by Gasteiger charge is -1.99. The second-order valence-corrected chi connectivity index (χ2v) is 6.19. The van der Waals surface area contributed by atoms with Crippen LogP contribution in [0.2, 0.25) is 5.28 Å². The molecule has 9 heteroatoms. The van der Waals surface area contributed by atoms with Crippen molar-refractivity contribution in [3.8, 4) is 0 Å². The molecule has 8 nitrogen and oxygen atoms in total. The summed E-state index contributed by atoms with van der Waals surface area (Å²) >= 11 is 5.61. The Morgan fingerprint density at radius 1 is 0.960 bits per heavy atom. The molecule has 5 N–H and O–H groups in total. The lowest BCUT2D eigenvalue weighted by molar-refractivity contribution is 0.930. The van der Waals surface area contributed by atoms with Crippen molar-refractivity contribution < 1.29 is 0 Å². The van der Waals surface area contributed by atoms with Crippen molar-refractivity contribution in [3.05, 3.63) is 34.6 Å². The normalized spacial score (nSPS) is 10.9. The van der Waals surface area contributed by atoms with E-state index in [-0.39, 0.29) is 5.28 Å². The number of nitrogens with zero attached hydrogens (tertiary/aromatic N) is 5. The van der Waals surface area contributed by atoms with E-state index in [1.807, 2.05) is 44.8 Å². The molecule has 0 fully saturated rings. The number of anilines is 2. The Bertz CT molecular complexity index is 1080. The molecule has 4 heterocycles. The molecule has 0 unspecified atom stereocenters. The Morgan fingerprint density at radius 2 is 1.64 bits per heavy atom. The smallest absolute Gasteiger partial charge is 0.226 e. The van der Waals surface area contributed by atoms with Crippen LogP contribution in [-0.2, 0) is 7.05 Å². The topological polar surface area (TPSA) is 124 Å². The summed E-state index contributed by atoms with van der Waals surface area (Å²) in [4.78, 5) is 19.2. The quantitative estimate of drug-likeness (QED) is 0.415. The monoisotopic (exact) mass is 358 g/mol. The highest BCUT2D eigenvalue weighted by Gasteiger charge is 2.09. The number of aromatic amines is 1. The van der Waals surface area contributed by atoms with Crippen molar-refractivity contribution in [2.75, 3.05) is 11.5 Å². The van der Waals surface area contributed by atoms with Crippen molar-refractivity contribution in [2.24, 2.45) is 7.05 Å². The highest BCUT2D eigenvalue weighted by Crippen LogP contribution is 2.23. The second-order valence-electron chi connectivity index (χ2n) is 5.85. The Hall–Kier alpha value is -2.87. The summed E-state index contributed by atoms with van der Waals surface area (Å²) in [6, 6.07) is 0. The van der Waals surface area contributed by atoms with Gasteiger partial charge in [0.15, 0.2) is 0 Å². The van der Waals surface area contributed by atoms with Crippen LogP contribution in [-0.4, -0.2) is 29.5 Å². The van der Waals surface area contributed by atoms with Gasteiger partial charge in [-0.25, -0.2) is 15.0 Å². The highest BCUT2D eigenvalue weighted by molar-refractivity contribution is 6.28. The molecule has 0 radical (unpaired) electrons. The fourth-order valence-corrected chi connectivity index (χ4v) is 3.00. The van der Waals surface area contributed by atoms with Gasteiger partial charge in [0.1, 0.15) is 28.8 Å². The summed E-state index contributed by atoms with van der Waals surface area (Å²) in [5, 5.41) is 1.98. The maximum absolute atomic E-state index is 5.81. The molecular weight excluding hydrogens is 340 g/mol. The average Bonchev–Trinajstić information content (AvgIpc) is 3.00. The summed E-state index contributed by atoms with van der Waals surface area (Å²) in [6.45, 7) is 5.79. The zero-order chi connectivity index (χ0) is 18.3. The number of aromatic nitrogens is 6. The first kappa shape index (κ1) is 17.0. The van der Waals surface area contributed by atoms with E-state index in [1.54, 1.807) is 0 Å². The third-order valence-electron chi connectivity index (χ3n) is 3.87. The van der Waals surface area contributed by atoms with Gasteiger partial charge >= 0.3 is 0 Å². The van der Waals surface area contributed by atoms with Crippen LogP contribution in [0.15, 0.2) is 12.4 Å². The van der Waals surface area contributed by atoms with Gasteiger partial charge in [-0.3, -0.25) is 0 Å². The second kappa shape index (κ2) is 6.21. The molecule has 4 aromatic heterocycles. The number of nitrogen functional groups attached to an aromatic ring is 2. The first-order valence-electron chi connectivity index (χ1n) is 7.60. The molecule has 0 aliphatic heterocycles. The standard InChI is InChI=1S/C9H12N4.C7H7ClN4/c1-5-4-13(3)9-7(5)8(10)11-6(2)12-9;1-3-2-10-6-4(3)5(9)11-7(8)12-6/h4H,1-3H3,(H2,10,11,12);2H,1H3,(H3,9,10,11,12). The van der Waals surface area contributed by atoms with E-state index >= 15 is 0 Å². The predicted octanol–water partition coefficient (Wildman–Crippen LogP) is 2.67. The maximum Gasteiger partial charge on any atom is 0.226 e. The first-order valence-corrected chi connectivity index (χ1v) is 7.98. The van der Waals surface area contributed by atoms with Crippen LogP contribution in [0.3, 0.4) is 0 Å². The largest absolute Gasteiger partial charge is 0.383 e. The van der Waals surface area contributed by atoms with Crippen LogP contribution in [0.25, 0.3) is 22.1 Å². The minimum atomic E-state index is 0.168. The van der Waals surface area contributed by atoms with Crippen molar-refractivity contribution in [1.29, 1.82) is 0 Å². The zero-order valence-corrected chi connectivity index (χ0v) is 15.2. The number of halogens is 1. The molecule has 4 rings (SSSR count). The van der Waals surface area contributed by atoms with Crippen LogP contribution >= 0.6 is 11.6 Å². The molecule has 0 bridgehead atoms. The van der Waals surface area contributed by atoms with Crippen LogP contribution in [0, 0.1) is 20.8 Å². The van der Waals surface area contributed by atoms with E-state index in [2.05, 4.69) is 24.9 Å². The van der Waals surface area contributed by atoms with Gasteiger partial charge in [0.2, 0.25) is 5.28 Å². The number of fused-ring (bicyclic) bond motifs is 2. The van der Waals surface area contributed by atoms with E-state index < -0.39 is 0 Å². The Balaban J connectivity index is 0.000000146. The third kappa shape index (κ3) is 3.08. The lowest BCUT2D eigenvalue weighted by Crippen LogP contribution is -1.98. The number of nitrogens with two attached hydrogens (primary N) is 2. The molecule has 0 aliphatic carbocycles. The number of nitrogens with one attached hydrogen (secondary N) is 1. The molecule has 0 saturated heterocycles. The van der Waals surface area contributed by atoms with Crippen molar-refractivity contribution >= 4 is 45.3 Å². The summed E-state index contributed by atoms with van der Waals surface area (Å²) in [6.07, 6.45) is 3.83. The molecular formula is C16H19ClN8. The van der Waals surface area contributed by atoms with Gasteiger partial charge in [-0.15, -0.1) is 0 Å². The minimum absolute atomic E-state index is 0.168. The molecule has 25 heavy (non-hydrogen) atoms. The fraction of sp³-hybridized carbons (Fsp3) is 0.250. The molecule has 0 atom stereocenters. The Morgan fingerprint density at radius 3 is 2.36 bits per heavy atom. The van der Waals surface area contributed by atoms with Gasteiger partial charge in [-0.1, -0.05) is 0 Å². The van der Waals surface area contributed by atoms with Gasteiger partial charge in [-0.05, 0) is 43.5 Å². The average molecular weight is 359 g/mol. The fourth-order valence-electron chi connectivity index (χ4n) is 2.82. The molecule has 130 valence electrons. The Labute approximate surface area is 149 Å². The summed E-state index contributed by atoms with van der Waals surface area (Å²) in [7, 11) is 1.96. The number of hydrogen-bond acceptors (Lipinski definition) is 6. The number of aryl methyl sites for hydroxylation is 4. The molecule has 4 aromatic rings.